The molecule has 1 amide bonds. The molecule has 2 fully saturated rings. The van der Waals surface area contributed by atoms with E-state index in [-0.39, 0.29) is 23.6 Å². The molecule has 23 heavy (non-hydrogen) atoms. The van der Waals surface area contributed by atoms with E-state index in [2.05, 4.69) is 9.97 Å². The predicted octanol–water partition coefficient (Wildman–Crippen LogP) is 2.30. The maximum absolute atomic E-state index is 12.4. The lowest BCUT2D eigenvalue weighted by Crippen LogP contribution is -2.32. The lowest BCUT2D eigenvalue weighted by atomic mass is 9.87. The number of nitrogens with zero attached hydrogens (tertiary/aromatic N) is 4. The van der Waals surface area contributed by atoms with Crippen LogP contribution < -0.4 is 4.74 Å². The first kappa shape index (κ1) is 15.7. The molecule has 1 atom stereocenters. The average Bonchev–Trinajstić information content (AvgIpc) is 3.05. The fourth-order valence-electron chi connectivity index (χ4n) is 3.46. The van der Waals surface area contributed by atoms with E-state index in [0.29, 0.717) is 18.9 Å². The van der Waals surface area contributed by atoms with Crippen LogP contribution in [0.15, 0.2) is 12.4 Å². The summed E-state index contributed by atoms with van der Waals surface area (Å²) in [5, 5.41) is 9.02. The number of carbonyl (C=O) groups is 1. The van der Waals surface area contributed by atoms with Crippen molar-refractivity contribution in [1.82, 2.24) is 14.9 Å². The second kappa shape index (κ2) is 7.40. The van der Waals surface area contributed by atoms with E-state index < -0.39 is 0 Å². The van der Waals surface area contributed by atoms with Crippen LogP contribution in [0.5, 0.6) is 5.88 Å². The zero-order valence-electron chi connectivity index (χ0n) is 13.3. The van der Waals surface area contributed by atoms with E-state index in [1.807, 2.05) is 11.0 Å². The third kappa shape index (κ3) is 3.98. The molecule has 1 saturated heterocycles. The number of likely N-dealkylation sites (tertiary alicyclic amines) is 1. The van der Waals surface area contributed by atoms with Crippen LogP contribution in [-0.4, -0.2) is 40.0 Å². The van der Waals surface area contributed by atoms with E-state index in [1.54, 1.807) is 0 Å². The monoisotopic (exact) mass is 314 g/mol. The van der Waals surface area contributed by atoms with Crippen LogP contribution in [0.25, 0.3) is 0 Å². The fraction of sp³-hybridized carbons (Fsp3) is 0.647. The number of rotatable bonds is 4. The maximum atomic E-state index is 12.4. The number of ether oxygens (including phenoxy) is 1. The number of nitriles is 1. The molecule has 1 aromatic heterocycles. The van der Waals surface area contributed by atoms with E-state index >= 15 is 0 Å². The minimum atomic E-state index is -0.103. The molecule has 0 spiro atoms. The number of hydrogen-bond donors (Lipinski definition) is 0. The molecule has 2 aliphatic rings. The summed E-state index contributed by atoms with van der Waals surface area (Å²) in [6, 6.07) is 1.98. The number of aromatic nitrogens is 2. The third-order valence-electron chi connectivity index (χ3n) is 4.73. The Morgan fingerprint density at radius 2 is 2.04 bits per heavy atom. The fourth-order valence-corrected chi connectivity index (χ4v) is 3.46. The highest BCUT2D eigenvalue weighted by Gasteiger charge is 2.30. The van der Waals surface area contributed by atoms with Gasteiger partial charge in [0, 0.05) is 31.8 Å². The van der Waals surface area contributed by atoms with Crippen LogP contribution in [-0.2, 0) is 4.79 Å². The average molecular weight is 314 g/mol. The van der Waals surface area contributed by atoms with E-state index in [1.165, 1.54) is 44.5 Å². The van der Waals surface area contributed by atoms with Gasteiger partial charge in [-0.25, -0.2) is 9.97 Å². The van der Waals surface area contributed by atoms with Crippen molar-refractivity contribution < 1.29 is 9.53 Å². The van der Waals surface area contributed by atoms with Gasteiger partial charge in [-0.3, -0.25) is 4.79 Å². The van der Waals surface area contributed by atoms with Gasteiger partial charge in [-0.15, -0.1) is 0 Å². The van der Waals surface area contributed by atoms with Crippen LogP contribution in [0, 0.1) is 17.2 Å². The first-order valence-corrected chi connectivity index (χ1v) is 8.42. The Morgan fingerprint density at radius 3 is 2.83 bits per heavy atom. The second-order valence-electron chi connectivity index (χ2n) is 6.40. The molecule has 1 unspecified atom stereocenters. The molecule has 6 nitrogen and oxygen atoms in total. The van der Waals surface area contributed by atoms with Gasteiger partial charge < -0.3 is 9.64 Å². The Morgan fingerprint density at radius 1 is 1.26 bits per heavy atom. The molecular weight excluding hydrogens is 292 g/mol. The molecule has 2 heterocycles. The quantitative estimate of drug-likeness (QED) is 0.852. The van der Waals surface area contributed by atoms with Crippen LogP contribution >= 0.6 is 0 Å². The summed E-state index contributed by atoms with van der Waals surface area (Å²) in [6.07, 6.45) is 10.5. The largest absolute Gasteiger partial charge is 0.470 e. The third-order valence-corrected chi connectivity index (χ3v) is 4.73. The van der Waals surface area contributed by atoms with E-state index in [9.17, 15) is 4.79 Å². The topological polar surface area (TPSA) is 79.1 Å². The molecule has 0 aromatic carbocycles. The van der Waals surface area contributed by atoms with Crippen molar-refractivity contribution >= 4 is 5.91 Å². The molecule has 0 bridgehead atoms. The van der Waals surface area contributed by atoms with Crippen LogP contribution in [0.3, 0.4) is 0 Å². The number of hydrogen-bond acceptors (Lipinski definition) is 5. The Balaban J connectivity index is 1.52. The van der Waals surface area contributed by atoms with E-state index in [0.717, 1.165) is 13.0 Å². The molecule has 122 valence electrons. The summed E-state index contributed by atoms with van der Waals surface area (Å²) in [7, 11) is 0. The van der Waals surface area contributed by atoms with Gasteiger partial charge in [0.05, 0.1) is 6.54 Å². The second-order valence-corrected chi connectivity index (χ2v) is 6.40. The molecular formula is C17H22N4O2. The SMILES string of the molecule is N#Cc1nccnc1OC1CCN(C(=O)CC2CCCCC2)C1. The normalized spacial score (nSPS) is 21.9. The predicted molar refractivity (Wildman–Crippen MR) is 83.6 cm³/mol. The smallest absolute Gasteiger partial charge is 0.251 e. The number of carbonyl (C=O) groups excluding carboxylic acids is 1. The molecule has 0 N–H and O–H groups in total. The lowest BCUT2D eigenvalue weighted by Gasteiger charge is -2.24. The van der Waals surface area contributed by atoms with Crippen molar-refractivity contribution in [2.45, 2.75) is 51.0 Å². The first-order valence-electron chi connectivity index (χ1n) is 8.42. The highest BCUT2D eigenvalue weighted by Crippen LogP contribution is 2.28. The Kier molecular flexibility index (Phi) is 5.06. The maximum Gasteiger partial charge on any atom is 0.251 e. The first-order chi connectivity index (χ1) is 11.3. The molecule has 1 aliphatic heterocycles. The minimum absolute atomic E-state index is 0.103. The molecule has 1 aliphatic carbocycles. The molecule has 3 rings (SSSR count). The number of amides is 1. The van der Waals surface area contributed by atoms with Crippen molar-refractivity contribution in [2.24, 2.45) is 5.92 Å². The molecule has 1 saturated carbocycles. The van der Waals surface area contributed by atoms with Crippen LogP contribution in [0.2, 0.25) is 0 Å². The summed E-state index contributed by atoms with van der Waals surface area (Å²) < 4.78 is 5.78. The van der Waals surface area contributed by atoms with Crippen molar-refractivity contribution in [2.75, 3.05) is 13.1 Å². The van der Waals surface area contributed by atoms with Gasteiger partial charge in [0.15, 0.2) is 0 Å². The zero-order chi connectivity index (χ0) is 16.1. The van der Waals surface area contributed by atoms with Gasteiger partial charge in [-0.1, -0.05) is 19.3 Å². The lowest BCUT2D eigenvalue weighted by molar-refractivity contribution is -0.131. The Labute approximate surface area is 136 Å². The standard InChI is InChI=1S/C17H22N4O2/c18-11-15-17(20-8-7-19-15)23-14-6-9-21(12-14)16(22)10-13-4-2-1-3-5-13/h7-8,13-14H,1-6,9-10,12H2. The highest BCUT2D eigenvalue weighted by atomic mass is 16.5. The molecule has 0 radical (unpaired) electrons. The van der Waals surface area contributed by atoms with Crippen LogP contribution in [0.4, 0.5) is 0 Å². The summed E-state index contributed by atoms with van der Waals surface area (Å²) >= 11 is 0. The van der Waals surface area contributed by atoms with Gasteiger partial charge in [-0.05, 0) is 18.8 Å². The van der Waals surface area contributed by atoms with Crippen molar-refractivity contribution in [3.8, 4) is 11.9 Å². The Hall–Kier alpha value is -2.16. The van der Waals surface area contributed by atoms with Crippen molar-refractivity contribution in [1.29, 1.82) is 5.26 Å². The summed E-state index contributed by atoms with van der Waals surface area (Å²) in [5.74, 6) is 1.06. The van der Waals surface area contributed by atoms with Crippen molar-refractivity contribution in [3.05, 3.63) is 18.1 Å². The highest BCUT2D eigenvalue weighted by molar-refractivity contribution is 5.76. The van der Waals surface area contributed by atoms with Gasteiger partial charge in [0.25, 0.3) is 5.88 Å². The molecule has 6 heteroatoms. The van der Waals surface area contributed by atoms with Gasteiger partial charge in [0.2, 0.25) is 11.6 Å². The van der Waals surface area contributed by atoms with Gasteiger partial charge in [-0.2, -0.15) is 5.26 Å². The Bertz CT molecular complexity index is 593. The van der Waals surface area contributed by atoms with Crippen molar-refractivity contribution in [3.63, 3.8) is 0 Å². The van der Waals surface area contributed by atoms with E-state index in [4.69, 9.17) is 10.00 Å². The molecule has 1 aromatic rings. The zero-order valence-corrected chi connectivity index (χ0v) is 13.3. The summed E-state index contributed by atoms with van der Waals surface area (Å²) in [4.78, 5) is 22.3. The summed E-state index contributed by atoms with van der Waals surface area (Å²) in [6.45, 7) is 1.30. The van der Waals surface area contributed by atoms with Crippen LogP contribution in [0.1, 0.15) is 50.6 Å². The minimum Gasteiger partial charge on any atom is -0.470 e. The van der Waals surface area contributed by atoms with Gasteiger partial charge in [0.1, 0.15) is 12.2 Å². The van der Waals surface area contributed by atoms with Gasteiger partial charge >= 0.3 is 0 Å². The summed E-state index contributed by atoms with van der Waals surface area (Å²) in [5.41, 5.74) is 0.194.